The molecule has 1 saturated heterocycles. The summed E-state index contributed by atoms with van der Waals surface area (Å²) in [5.74, 6) is 0.627. The van der Waals surface area contributed by atoms with Crippen LogP contribution >= 0.6 is 11.6 Å². The second kappa shape index (κ2) is 2.01. The number of hydrogen-bond donors (Lipinski definition) is 0. The van der Waals surface area contributed by atoms with Gasteiger partial charge in [0.25, 0.3) is 0 Å². The minimum Gasteiger partial charge on any atom is -0.362 e. The van der Waals surface area contributed by atoms with Gasteiger partial charge in [-0.2, -0.15) is 0 Å². The minimum atomic E-state index is 0.0185. The molecule has 0 aromatic heterocycles. The molecule has 0 aromatic carbocycles. The third-order valence-corrected chi connectivity index (χ3v) is 1.85. The highest BCUT2D eigenvalue weighted by Crippen LogP contribution is 2.25. The van der Waals surface area contributed by atoms with Crippen LogP contribution in [0, 0.1) is 5.92 Å². The zero-order chi connectivity index (χ0) is 5.28. The summed E-state index contributed by atoms with van der Waals surface area (Å²) < 4.78 is 4.90. The van der Waals surface area contributed by atoms with Gasteiger partial charge in [0.1, 0.15) is 5.56 Å². The molecule has 0 bridgehead atoms. The second-order valence-corrected chi connectivity index (χ2v) is 2.28. The third-order valence-electron chi connectivity index (χ3n) is 1.36. The van der Waals surface area contributed by atoms with E-state index < -0.39 is 0 Å². The highest BCUT2D eigenvalue weighted by atomic mass is 35.5. The largest absolute Gasteiger partial charge is 0.362 e. The van der Waals surface area contributed by atoms with Gasteiger partial charge in [-0.25, -0.2) is 0 Å². The Balaban J connectivity index is 2.16. The van der Waals surface area contributed by atoms with Gasteiger partial charge in [0.2, 0.25) is 0 Å². The number of alkyl halides is 1. The van der Waals surface area contributed by atoms with E-state index in [0.717, 1.165) is 13.0 Å². The predicted octanol–water partition coefficient (Wildman–Crippen LogP) is 1.61. The maximum Gasteiger partial charge on any atom is 0.136 e. The number of rotatable bonds is 1. The van der Waals surface area contributed by atoms with Crippen molar-refractivity contribution >= 4 is 11.6 Å². The standard InChI is InChI=1S/C5H9ClO/c1-2-4-3-7-5(4)6/h4-5H,2-3H2,1H3. The molecule has 42 valence electrons. The second-order valence-electron chi connectivity index (χ2n) is 1.85. The molecule has 0 spiro atoms. The summed E-state index contributed by atoms with van der Waals surface area (Å²) in [4.78, 5) is 0. The van der Waals surface area contributed by atoms with E-state index in [1.165, 1.54) is 0 Å². The third kappa shape index (κ3) is 0.892. The average molecular weight is 121 g/mol. The first-order chi connectivity index (χ1) is 3.34. The first-order valence-electron chi connectivity index (χ1n) is 2.60. The monoisotopic (exact) mass is 120 g/mol. The van der Waals surface area contributed by atoms with E-state index in [2.05, 4.69) is 6.92 Å². The summed E-state index contributed by atoms with van der Waals surface area (Å²) in [6.45, 7) is 2.99. The van der Waals surface area contributed by atoms with E-state index in [9.17, 15) is 0 Å². The summed E-state index contributed by atoms with van der Waals surface area (Å²) in [5, 5.41) is 0. The first-order valence-corrected chi connectivity index (χ1v) is 3.04. The van der Waals surface area contributed by atoms with Crippen LogP contribution in [-0.2, 0) is 4.74 Å². The zero-order valence-electron chi connectivity index (χ0n) is 4.36. The number of hydrogen-bond acceptors (Lipinski definition) is 1. The molecule has 1 nitrogen and oxygen atoms in total. The van der Waals surface area contributed by atoms with Crippen LogP contribution in [0.2, 0.25) is 0 Å². The van der Waals surface area contributed by atoms with Crippen molar-refractivity contribution in [3.63, 3.8) is 0 Å². The van der Waals surface area contributed by atoms with Gasteiger partial charge in [-0.3, -0.25) is 0 Å². The molecule has 1 aliphatic heterocycles. The number of ether oxygens (including phenoxy) is 1. The molecule has 1 aliphatic rings. The Morgan fingerprint density at radius 1 is 1.86 bits per heavy atom. The molecule has 0 radical (unpaired) electrons. The quantitative estimate of drug-likeness (QED) is 0.478. The van der Waals surface area contributed by atoms with E-state index in [1.54, 1.807) is 0 Å². The molecule has 0 saturated carbocycles. The highest BCUT2D eigenvalue weighted by Gasteiger charge is 2.27. The summed E-state index contributed by atoms with van der Waals surface area (Å²) in [6.07, 6.45) is 1.15. The van der Waals surface area contributed by atoms with Crippen molar-refractivity contribution < 1.29 is 4.74 Å². The van der Waals surface area contributed by atoms with Crippen LogP contribution in [-0.4, -0.2) is 12.2 Å². The molecule has 0 aromatic rings. The fourth-order valence-electron chi connectivity index (χ4n) is 0.608. The van der Waals surface area contributed by atoms with Gasteiger partial charge in [0.05, 0.1) is 6.61 Å². The molecule has 1 fully saturated rings. The zero-order valence-corrected chi connectivity index (χ0v) is 5.11. The van der Waals surface area contributed by atoms with Gasteiger partial charge in [0.15, 0.2) is 0 Å². The van der Waals surface area contributed by atoms with Crippen LogP contribution in [0.5, 0.6) is 0 Å². The summed E-state index contributed by atoms with van der Waals surface area (Å²) in [7, 11) is 0. The van der Waals surface area contributed by atoms with Crippen molar-refractivity contribution in [3.8, 4) is 0 Å². The smallest absolute Gasteiger partial charge is 0.136 e. The Morgan fingerprint density at radius 3 is 2.57 bits per heavy atom. The van der Waals surface area contributed by atoms with E-state index in [-0.39, 0.29) is 5.56 Å². The van der Waals surface area contributed by atoms with E-state index in [0.29, 0.717) is 5.92 Å². The fraction of sp³-hybridized carbons (Fsp3) is 1.00. The molecule has 2 unspecified atom stereocenters. The lowest BCUT2D eigenvalue weighted by Gasteiger charge is -2.30. The van der Waals surface area contributed by atoms with Crippen LogP contribution in [0.15, 0.2) is 0 Å². The van der Waals surface area contributed by atoms with Crippen molar-refractivity contribution in [1.82, 2.24) is 0 Å². The molecular formula is C5H9ClO. The Morgan fingerprint density at radius 2 is 2.57 bits per heavy atom. The molecule has 1 rings (SSSR count). The molecule has 2 atom stereocenters. The summed E-state index contributed by atoms with van der Waals surface area (Å²) >= 11 is 5.59. The van der Waals surface area contributed by atoms with Crippen LogP contribution in [0.4, 0.5) is 0 Å². The van der Waals surface area contributed by atoms with Crippen LogP contribution in [0.25, 0.3) is 0 Å². The fourth-order valence-corrected chi connectivity index (χ4v) is 0.932. The van der Waals surface area contributed by atoms with E-state index in [4.69, 9.17) is 16.3 Å². The van der Waals surface area contributed by atoms with Crippen molar-refractivity contribution in [2.45, 2.75) is 18.9 Å². The maximum atomic E-state index is 5.59. The van der Waals surface area contributed by atoms with Crippen LogP contribution < -0.4 is 0 Å². The first kappa shape index (κ1) is 5.39. The van der Waals surface area contributed by atoms with E-state index >= 15 is 0 Å². The van der Waals surface area contributed by atoms with Gasteiger partial charge < -0.3 is 4.74 Å². The molecule has 0 amide bonds. The van der Waals surface area contributed by atoms with Gasteiger partial charge >= 0.3 is 0 Å². The lowest BCUT2D eigenvalue weighted by molar-refractivity contribution is -0.0642. The van der Waals surface area contributed by atoms with Gasteiger partial charge in [-0.1, -0.05) is 18.5 Å². The Kier molecular flexibility index (Phi) is 1.55. The van der Waals surface area contributed by atoms with Gasteiger partial charge in [-0.05, 0) is 6.42 Å². The van der Waals surface area contributed by atoms with Crippen LogP contribution in [0.3, 0.4) is 0 Å². The lowest BCUT2D eigenvalue weighted by Crippen LogP contribution is -2.34. The molecule has 1 heterocycles. The average Bonchev–Trinajstić information content (AvgIpc) is 1.65. The van der Waals surface area contributed by atoms with Crippen molar-refractivity contribution in [3.05, 3.63) is 0 Å². The normalized spacial score (nSPS) is 40.3. The molecule has 2 heteroatoms. The number of halogens is 1. The van der Waals surface area contributed by atoms with E-state index in [1.807, 2.05) is 0 Å². The Hall–Kier alpha value is 0.250. The molecule has 7 heavy (non-hydrogen) atoms. The van der Waals surface area contributed by atoms with Crippen molar-refractivity contribution in [2.24, 2.45) is 5.92 Å². The lowest BCUT2D eigenvalue weighted by atomic mass is 10.1. The Labute approximate surface area is 48.6 Å². The minimum absolute atomic E-state index is 0.0185. The predicted molar refractivity (Wildman–Crippen MR) is 29.4 cm³/mol. The topological polar surface area (TPSA) is 9.23 Å². The van der Waals surface area contributed by atoms with Crippen molar-refractivity contribution in [1.29, 1.82) is 0 Å². The van der Waals surface area contributed by atoms with Gasteiger partial charge in [0, 0.05) is 5.92 Å². The summed E-state index contributed by atoms with van der Waals surface area (Å²) in [6, 6.07) is 0. The summed E-state index contributed by atoms with van der Waals surface area (Å²) in [5.41, 5.74) is 0.0185. The molecule has 0 aliphatic carbocycles. The van der Waals surface area contributed by atoms with Gasteiger partial charge in [-0.15, -0.1) is 0 Å². The highest BCUT2D eigenvalue weighted by molar-refractivity contribution is 6.20. The molecule has 0 N–H and O–H groups in total. The SMILES string of the molecule is CCC1COC1Cl. The Bertz CT molecular complexity index is 63.1. The molecular weight excluding hydrogens is 112 g/mol. The maximum absolute atomic E-state index is 5.59. The van der Waals surface area contributed by atoms with Crippen LogP contribution in [0.1, 0.15) is 13.3 Å². The van der Waals surface area contributed by atoms with Crippen molar-refractivity contribution in [2.75, 3.05) is 6.61 Å².